The number of rotatable bonds is 11. The number of allylic oxidation sites excluding steroid dienone is 2. The van der Waals surface area contributed by atoms with Crippen molar-refractivity contribution in [3.63, 3.8) is 0 Å². The molecule has 26 heavy (non-hydrogen) atoms. The van der Waals surface area contributed by atoms with Gasteiger partial charge in [0.05, 0.1) is 16.9 Å². The van der Waals surface area contributed by atoms with E-state index in [2.05, 4.69) is 6.92 Å². The van der Waals surface area contributed by atoms with Gasteiger partial charge in [-0.25, -0.2) is 4.79 Å². The van der Waals surface area contributed by atoms with Gasteiger partial charge in [0.1, 0.15) is 0 Å². The highest BCUT2D eigenvalue weighted by atomic mass is 16.6. The fourth-order valence-corrected chi connectivity index (χ4v) is 3.35. The Morgan fingerprint density at radius 2 is 1.85 bits per heavy atom. The second-order valence-electron chi connectivity index (χ2n) is 6.48. The predicted octanol–water partition coefficient (Wildman–Crippen LogP) is 4.13. The molecule has 0 radical (unpaired) electrons. The number of nitro groups is 2. The summed E-state index contributed by atoms with van der Waals surface area (Å²) in [5.74, 6) is -2.30. The molecule has 0 amide bonds. The molecular weight excluding hydrogens is 340 g/mol. The van der Waals surface area contributed by atoms with E-state index in [-0.39, 0.29) is 17.7 Å². The molecule has 2 unspecified atom stereocenters. The van der Waals surface area contributed by atoms with E-state index in [9.17, 15) is 30.1 Å². The largest absolute Gasteiger partial charge is 0.478 e. The Hall–Kier alpha value is -2.51. The first-order valence-corrected chi connectivity index (χ1v) is 8.89. The summed E-state index contributed by atoms with van der Waals surface area (Å²) < 4.78 is 0. The van der Waals surface area contributed by atoms with Crippen LogP contribution in [0.4, 0.5) is 0 Å². The molecule has 8 heteroatoms. The Morgan fingerprint density at radius 1 is 1.23 bits per heavy atom. The number of carbonyl (C=O) groups is 1. The molecule has 0 aromatic rings. The number of aliphatic carboxylic acids is 1. The number of carboxylic acids is 1. The lowest BCUT2D eigenvalue weighted by Crippen LogP contribution is -2.47. The highest BCUT2D eigenvalue weighted by Crippen LogP contribution is 2.39. The minimum absolute atomic E-state index is 0.0586. The van der Waals surface area contributed by atoms with Crippen LogP contribution >= 0.6 is 0 Å². The molecule has 1 aliphatic carbocycles. The summed E-state index contributed by atoms with van der Waals surface area (Å²) in [5.41, 5.74) is -2.31. The maximum absolute atomic E-state index is 11.9. The van der Waals surface area contributed by atoms with Gasteiger partial charge in [-0.3, -0.25) is 20.2 Å². The van der Waals surface area contributed by atoms with Crippen molar-refractivity contribution < 1.29 is 19.7 Å². The van der Waals surface area contributed by atoms with Crippen molar-refractivity contribution >= 4 is 5.97 Å². The lowest BCUT2D eigenvalue weighted by molar-refractivity contribution is -0.564. The molecule has 1 rings (SSSR count). The van der Waals surface area contributed by atoms with E-state index in [1.807, 2.05) is 0 Å². The minimum Gasteiger partial charge on any atom is -0.478 e. The average Bonchev–Trinajstić information content (AvgIpc) is 2.58. The summed E-state index contributed by atoms with van der Waals surface area (Å²) in [6, 6.07) is 0. The number of carboxylic acid groups (broad SMARTS) is 1. The van der Waals surface area contributed by atoms with Gasteiger partial charge in [0.2, 0.25) is 0 Å². The SMILES string of the molecule is CC=C(C(=O)O)C1C=CC([N+](=O)[O-])=CC1(CCCCCCCC)[N+](=O)[O-]. The van der Waals surface area contributed by atoms with Gasteiger partial charge in [-0.2, -0.15) is 0 Å². The van der Waals surface area contributed by atoms with E-state index in [1.54, 1.807) is 0 Å². The van der Waals surface area contributed by atoms with E-state index in [0.29, 0.717) is 6.42 Å². The summed E-state index contributed by atoms with van der Waals surface area (Å²) >= 11 is 0. The summed E-state index contributed by atoms with van der Waals surface area (Å²) in [7, 11) is 0. The Labute approximate surface area is 152 Å². The third-order valence-electron chi connectivity index (χ3n) is 4.77. The second kappa shape index (κ2) is 9.84. The van der Waals surface area contributed by atoms with Gasteiger partial charge in [-0.1, -0.05) is 51.2 Å². The Morgan fingerprint density at radius 3 is 2.35 bits per heavy atom. The molecule has 0 bridgehead atoms. The number of hydrogen-bond donors (Lipinski definition) is 1. The summed E-state index contributed by atoms with van der Waals surface area (Å²) in [6.45, 7) is 3.59. The fraction of sp³-hybridized carbons (Fsp3) is 0.611. The molecule has 0 saturated heterocycles. The summed E-state index contributed by atoms with van der Waals surface area (Å²) in [4.78, 5) is 33.4. The topological polar surface area (TPSA) is 124 Å². The highest BCUT2D eigenvalue weighted by Gasteiger charge is 2.53. The van der Waals surface area contributed by atoms with E-state index in [0.717, 1.165) is 44.3 Å². The predicted molar refractivity (Wildman–Crippen MR) is 96.8 cm³/mol. The average molecular weight is 366 g/mol. The van der Waals surface area contributed by atoms with Crippen LogP contribution < -0.4 is 0 Å². The second-order valence-corrected chi connectivity index (χ2v) is 6.48. The maximum Gasteiger partial charge on any atom is 0.332 e. The van der Waals surface area contributed by atoms with Gasteiger partial charge >= 0.3 is 5.97 Å². The van der Waals surface area contributed by atoms with E-state index in [4.69, 9.17) is 0 Å². The van der Waals surface area contributed by atoms with E-state index < -0.39 is 27.3 Å². The Kier molecular flexibility index (Phi) is 8.15. The van der Waals surface area contributed by atoms with Crippen LogP contribution in [0, 0.1) is 26.1 Å². The van der Waals surface area contributed by atoms with Gasteiger partial charge in [-0.05, 0) is 13.3 Å². The molecule has 8 nitrogen and oxygen atoms in total. The number of nitrogens with zero attached hydrogens (tertiary/aromatic N) is 2. The van der Waals surface area contributed by atoms with Crippen LogP contribution in [0.25, 0.3) is 0 Å². The molecule has 0 aromatic heterocycles. The molecule has 0 aromatic carbocycles. The van der Waals surface area contributed by atoms with Crippen molar-refractivity contribution in [2.45, 2.75) is 64.3 Å². The van der Waals surface area contributed by atoms with Gasteiger partial charge in [-0.15, -0.1) is 0 Å². The maximum atomic E-state index is 11.9. The van der Waals surface area contributed by atoms with Crippen LogP contribution in [0.2, 0.25) is 0 Å². The monoisotopic (exact) mass is 366 g/mol. The fourth-order valence-electron chi connectivity index (χ4n) is 3.35. The van der Waals surface area contributed by atoms with Gasteiger partial charge < -0.3 is 5.11 Å². The molecule has 0 spiro atoms. The summed E-state index contributed by atoms with van der Waals surface area (Å²) in [6.07, 6.45) is 10.3. The first kappa shape index (κ1) is 21.5. The zero-order valence-electron chi connectivity index (χ0n) is 15.2. The van der Waals surface area contributed by atoms with Gasteiger partial charge in [0.25, 0.3) is 11.2 Å². The first-order chi connectivity index (χ1) is 12.3. The van der Waals surface area contributed by atoms with Crippen molar-refractivity contribution in [1.82, 2.24) is 0 Å². The zero-order chi connectivity index (χ0) is 19.7. The molecule has 0 fully saturated rings. The third-order valence-corrected chi connectivity index (χ3v) is 4.77. The van der Waals surface area contributed by atoms with Crippen molar-refractivity contribution in [3.8, 4) is 0 Å². The normalized spacial score (nSPS) is 22.8. The molecule has 1 N–H and O–H groups in total. The Bertz CT molecular complexity index is 638. The number of unbranched alkanes of at least 4 members (excludes halogenated alkanes) is 5. The standard InChI is InChI=1S/C18H26N2O6/c1-3-5-6-7-8-9-12-18(20(25)26)13-14(19(23)24)10-11-16(18)15(4-2)17(21)22/h4,10-11,13,16H,3,5-9,12H2,1-2H3,(H,21,22). The third kappa shape index (κ3) is 5.00. The van der Waals surface area contributed by atoms with Gasteiger partial charge in [0, 0.05) is 23.0 Å². The highest BCUT2D eigenvalue weighted by molar-refractivity contribution is 5.88. The van der Waals surface area contributed by atoms with Crippen LogP contribution in [-0.2, 0) is 4.79 Å². The van der Waals surface area contributed by atoms with E-state index >= 15 is 0 Å². The van der Waals surface area contributed by atoms with Crippen molar-refractivity contribution in [2.24, 2.45) is 5.92 Å². The molecule has 2 atom stereocenters. The van der Waals surface area contributed by atoms with Crippen molar-refractivity contribution in [3.05, 3.63) is 55.8 Å². The molecule has 0 aliphatic heterocycles. The summed E-state index contributed by atoms with van der Waals surface area (Å²) in [5, 5.41) is 32.5. The lowest BCUT2D eigenvalue weighted by Gasteiger charge is -2.31. The van der Waals surface area contributed by atoms with Gasteiger partial charge in [0.15, 0.2) is 0 Å². The minimum atomic E-state index is -1.82. The molecular formula is C18H26N2O6. The van der Waals surface area contributed by atoms with Crippen molar-refractivity contribution in [2.75, 3.05) is 0 Å². The molecule has 144 valence electrons. The quantitative estimate of drug-likeness (QED) is 0.254. The zero-order valence-corrected chi connectivity index (χ0v) is 15.2. The van der Waals surface area contributed by atoms with Crippen molar-refractivity contribution in [1.29, 1.82) is 0 Å². The van der Waals surface area contributed by atoms with E-state index in [1.165, 1.54) is 19.1 Å². The smallest absolute Gasteiger partial charge is 0.332 e. The first-order valence-electron chi connectivity index (χ1n) is 8.89. The Balaban J connectivity index is 3.15. The molecule has 1 aliphatic rings. The molecule has 0 saturated carbocycles. The van der Waals surface area contributed by atoms with Crippen LogP contribution in [0.15, 0.2) is 35.6 Å². The molecule has 0 heterocycles. The lowest BCUT2D eigenvalue weighted by atomic mass is 9.72. The van der Waals surface area contributed by atoms with Crippen LogP contribution in [0.3, 0.4) is 0 Å². The number of hydrogen-bond acceptors (Lipinski definition) is 5. The van der Waals surface area contributed by atoms with Crippen LogP contribution in [0.1, 0.15) is 58.8 Å². The van der Waals surface area contributed by atoms with Crippen LogP contribution in [0.5, 0.6) is 0 Å². The van der Waals surface area contributed by atoms with Crippen LogP contribution in [-0.4, -0.2) is 26.5 Å².